The number of benzene rings is 3. The molecule has 0 fully saturated rings. The van der Waals surface area contributed by atoms with Crippen molar-refractivity contribution in [2.24, 2.45) is 0 Å². The normalized spacial score (nSPS) is 19.7. The van der Waals surface area contributed by atoms with Crippen molar-refractivity contribution in [2.45, 2.75) is 45.1 Å². The summed E-state index contributed by atoms with van der Waals surface area (Å²) >= 11 is 3.58. The first-order valence-electron chi connectivity index (χ1n) is 11.7. The minimum Gasteiger partial charge on any atom is -0.357 e. The van der Waals surface area contributed by atoms with Gasteiger partial charge >= 0.3 is 0 Å². The number of carbonyl (C=O) groups is 2. The Bertz CT molecular complexity index is 1300. The van der Waals surface area contributed by atoms with Crippen LogP contribution >= 0.6 is 15.9 Å². The Morgan fingerprint density at radius 3 is 2.50 bits per heavy atom. The molecule has 0 saturated heterocycles. The Kier molecular flexibility index (Phi) is 6.13. The first-order valence-corrected chi connectivity index (χ1v) is 12.5. The molecular formula is C29H27BrN2O2. The summed E-state index contributed by atoms with van der Waals surface area (Å²) in [6.07, 6.45) is 1.50. The maximum absolute atomic E-state index is 13.9. The number of aryl methyl sites for hydroxylation is 1. The van der Waals surface area contributed by atoms with Gasteiger partial charge in [0.1, 0.15) is 0 Å². The summed E-state index contributed by atoms with van der Waals surface area (Å²) in [6.45, 7) is 3.94. The molecule has 0 spiro atoms. The largest absolute Gasteiger partial charge is 0.357 e. The van der Waals surface area contributed by atoms with E-state index in [1.165, 1.54) is 11.1 Å². The number of para-hydroxylation sites is 2. The molecule has 3 aromatic carbocycles. The first-order chi connectivity index (χ1) is 16.5. The zero-order valence-corrected chi connectivity index (χ0v) is 20.9. The van der Waals surface area contributed by atoms with Gasteiger partial charge in [-0.1, -0.05) is 76.9 Å². The van der Waals surface area contributed by atoms with Gasteiger partial charge < -0.3 is 5.32 Å². The average Bonchev–Trinajstić information content (AvgIpc) is 2.98. The monoisotopic (exact) mass is 514 g/mol. The molecule has 3 aromatic rings. The van der Waals surface area contributed by atoms with Crippen LogP contribution in [0.25, 0.3) is 0 Å². The summed E-state index contributed by atoms with van der Waals surface area (Å²) in [6, 6.07) is 23.8. The highest BCUT2D eigenvalue weighted by atomic mass is 79.9. The van der Waals surface area contributed by atoms with Gasteiger partial charge in [0.15, 0.2) is 5.78 Å². The van der Waals surface area contributed by atoms with Gasteiger partial charge in [-0.25, -0.2) is 0 Å². The third-order valence-electron chi connectivity index (χ3n) is 6.77. The average molecular weight is 515 g/mol. The maximum Gasteiger partial charge on any atom is 0.227 e. The van der Waals surface area contributed by atoms with Gasteiger partial charge in [-0.15, -0.1) is 0 Å². The lowest BCUT2D eigenvalue weighted by molar-refractivity contribution is -0.119. The third-order valence-corrected chi connectivity index (χ3v) is 7.27. The molecule has 1 aliphatic heterocycles. The minimum absolute atomic E-state index is 0.0126. The Balaban J connectivity index is 1.70. The van der Waals surface area contributed by atoms with E-state index in [1.807, 2.05) is 60.4 Å². The minimum atomic E-state index is -0.484. The Morgan fingerprint density at radius 1 is 1.00 bits per heavy atom. The molecule has 1 heterocycles. The molecule has 0 radical (unpaired) electrons. The lowest BCUT2D eigenvalue weighted by atomic mass is 9.78. The maximum atomic E-state index is 13.9. The van der Waals surface area contributed by atoms with Crippen molar-refractivity contribution >= 4 is 39.0 Å². The van der Waals surface area contributed by atoms with Crippen molar-refractivity contribution in [3.8, 4) is 0 Å². The summed E-state index contributed by atoms with van der Waals surface area (Å²) in [4.78, 5) is 29.1. The van der Waals surface area contributed by atoms with Crippen LogP contribution in [0, 0.1) is 6.92 Å². The van der Waals surface area contributed by atoms with Crippen LogP contribution in [0.5, 0.6) is 0 Å². The summed E-state index contributed by atoms with van der Waals surface area (Å²) < 4.78 is 0.919. The van der Waals surface area contributed by atoms with Crippen LogP contribution in [-0.2, 0) is 9.59 Å². The smallest absolute Gasteiger partial charge is 0.227 e. The molecule has 0 unspecified atom stereocenters. The molecule has 0 aromatic heterocycles. The van der Waals surface area contributed by atoms with E-state index >= 15 is 0 Å². The fourth-order valence-electron chi connectivity index (χ4n) is 5.10. The Labute approximate surface area is 208 Å². The highest BCUT2D eigenvalue weighted by Crippen LogP contribution is 2.47. The van der Waals surface area contributed by atoms with Crippen LogP contribution in [0.2, 0.25) is 0 Å². The van der Waals surface area contributed by atoms with Gasteiger partial charge in [0, 0.05) is 28.6 Å². The van der Waals surface area contributed by atoms with E-state index in [4.69, 9.17) is 0 Å². The second kappa shape index (κ2) is 9.22. The molecule has 4 nitrogen and oxygen atoms in total. The number of allylic oxidation sites excluding steroid dienone is 1. The van der Waals surface area contributed by atoms with Crippen molar-refractivity contribution < 1.29 is 9.59 Å². The van der Waals surface area contributed by atoms with E-state index < -0.39 is 6.04 Å². The first kappa shape index (κ1) is 22.6. The van der Waals surface area contributed by atoms with E-state index in [2.05, 4.69) is 52.4 Å². The molecule has 0 bridgehead atoms. The molecule has 5 rings (SSSR count). The van der Waals surface area contributed by atoms with Crippen LogP contribution in [0.15, 0.2) is 88.5 Å². The predicted molar refractivity (Wildman–Crippen MR) is 140 cm³/mol. The number of nitrogens with one attached hydrogen (secondary N) is 1. The van der Waals surface area contributed by atoms with Crippen LogP contribution in [0.1, 0.15) is 54.8 Å². The Morgan fingerprint density at radius 2 is 1.76 bits per heavy atom. The highest BCUT2D eigenvalue weighted by Gasteiger charge is 2.41. The molecule has 0 saturated carbocycles. The Hall–Kier alpha value is -3.18. The molecule has 1 N–H and O–H groups in total. The number of carbonyl (C=O) groups excluding carboxylic acids is 2. The van der Waals surface area contributed by atoms with Gasteiger partial charge in [-0.05, 0) is 54.7 Å². The van der Waals surface area contributed by atoms with E-state index in [9.17, 15) is 9.59 Å². The van der Waals surface area contributed by atoms with Crippen molar-refractivity contribution in [1.82, 2.24) is 0 Å². The zero-order valence-electron chi connectivity index (χ0n) is 19.3. The van der Waals surface area contributed by atoms with E-state index in [1.54, 1.807) is 0 Å². The van der Waals surface area contributed by atoms with Crippen molar-refractivity contribution in [3.05, 3.63) is 105 Å². The molecule has 1 aliphatic carbocycles. The SMILES string of the molecule is CCC(=O)N1c2ccccc2NC2=C(C(=O)C[C@H](c3ccc(C)cc3)C2)[C@@H]1c1cccc(Br)c1. The van der Waals surface area contributed by atoms with Crippen molar-refractivity contribution in [3.63, 3.8) is 0 Å². The molecule has 34 heavy (non-hydrogen) atoms. The van der Waals surface area contributed by atoms with Crippen LogP contribution in [0.4, 0.5) is 11.4 Å². The standard InChI is InChI=1S/C29H27BrN2O2/c1-3-27(34)32-25-10-5-4-9-23(25)31-24-16-21(19-13-11-18(2)12-14-19)17-26(33)28(24)29(32)20-7-6-8-22(30)15-20/h4-15,21,29,31H,3,16-17H2,1-2H3/t21-,29+/m1/s1. The lowest BCUT2D eigenvalue weighted by Crippen LogP contribution is -2.38. The molecule has 1 amide bonds. The summed E-state index contributed by atoms with van der Waals surface area (Å²) in [5.74, 6) is 0.176. The fourth-order valence-corrected chi connectivity index (χ4v) is 5.52. The summed E-state index contributed by atoms with van der Waals surface area (Å²) in [5.41, 5.74) is 6.55. The molecule has 2 aliphatic rings. The number of fused-ring (bicyclic) bond motifs is 1. The van der Waals surface area contributed by atoms with Crippen molar-refractivity contribution in [1.29, 1.82) is 0 Å². The number of nitrogens with zero attached hydrogens (tertiary/aromatic N) is 1. The van der Waals surface area contributed by atoms with Gasteiger partial charge in [0.2, 0.25) is 5.91 Å². The number of hydrogen-bond acceptors (Lipinski definition) is 3. The number of halogens is 1. The number of amides is 1. The zero-order chi connectivity index (χ0) is 23.8. The number of hydrogen-bond donors (Lipinski definition) is 1. The quantitative estimate of drug-likeness (QED) is 0.406. The fraction of sp³-hybridized carbons (Fsp3) is 0.241. The topological polar surface area (TPSA) is 49.4 Å². The van der Waals surface area contributed by atoms with Gasteiger partial charge in [-0.2, -0.15) is 0 Å². The van der Waals surface area contributed by atoms with Gasteiger partial charge in [0.05, 0.1) is 17.4 Å². The van der Waals surface area contributed by atoms with Crippen LogP contribution in [-0.4, -0.2) is 11.7 Å². The van der Waals surface area contributed by atoms with Gasteiger partial charge in [0.25, 0.3) is 0 Å². The third kappa shape index (κ3) is 4.09. The van der Waals surface area contributed by atoms with E-state index in [0.717, 1.165) is 33.5 Å². The lowest BCUT2D eigenvalue weighted by Gasteiger charge is -2.35. The second-order valence-corrected chi connectivity index (χ2v) is 9.96. The predicted octanol–water partition coefficient (Wildman–Crippen LogP) is 7.07. The van der Waals surface area contributed by atoms with Crippen LogP contribution < -0.4 is 10.2 Å². The number of rotatable bonds is 3. The van der Waals surface area contributed by atoms with Gasteiger partial charge in [-0.3, -0.25) is 14.5 Å². The van der Waals surface area contributed by atoms with E-state index in [-0.39, 0.29) is 17.6 Å². The molecule has 2 atom stereocenters. The van der Waals surface area contributed by atoms with Crippen molar-refractivity contribution in [2.75, 3.05) is 10.2 Å². The van der Waals surface area contributed by atoms with Crippen LogP contribution in [0.3, 0.4) is 0 Å². The summed E-state index contributed by atoms with van der Waals surface area (Å²) in [5, 5.41) is 3.58. The second-order valence-electron chi connectivity index (χ2n) is 9.05. The number of ketones is 1. The van der Waals surface area contributed by atoms with E-state index in [0.29, 0.717) is 18.4 Å². The molecular weight excluding hydrogens is 488 g/mol. The molecule has 172 valence electrons. The highest BCUT2D eigenvalue weighted by molar-refractivity contribution is 9.10. The number of Topliss-reactive ketones (excluding diaryl/α,β-unsaturated/α-hetero) is 1. The number of anilines is 2. The summed E-state index contributed by atoms with van der Waals surface area (Å²) in [7, 11) is 0. The molecule has 5 heteroatoms.